The molecule has 0 bridgehead atoms. The van der Waals surface area contributed by atoms with Gasteiger partial charge in [0.2, 0.25) is 0 Å². The molecule has 250 valence electrons. The van der Waals surface area contributed by atoms with Crippen molar-refractivity contribution in [1.82, 2.24) is 4.98 Å². The molecule has 0 radical (unpaired) electrons. The number of nitrogens with one attached hydrogen (secondary N) is 1. The SMILES string of the molecule is COc1ccc(C(OCC[Si](C)(C)C)(OCC[Si](C)(C)C)OC(=O)Nc2cccnc2C=Cc2ccccc2)c(OP(=O)(O)O)c1. The summed E-state index contributed by atoms with van der Waals surface area (Å²) in [5, 5.41) is 2.74. The highest BCUT2D eigenvalue weighted by Crippen LogP contribution is 2.45. The lowest BCUT2D eigenvalue weighted by Crippen LogP contribution is -2.42. The maximum Gasteiger partial charge on any atom is 0.524 e. The molecule has 0 fully saturated rings. The van der Waals surface area contributed by atoms with E-state index in [1.165, 1.54) is 25.3 Å². The van der Waals surface area contributed by atoms with Crippen LogP contribution in [0.4, 0.5) is 10.5 Å². The molecule has 0 unspecified atom stereocenters. The summed E-state index contributed by atoms with van der Waals surface area (Å²) in [6.07, 6.45) is 4.29. The zero-order chi connectivity index (χ0) is 34.0. The van der Waals surface area contributed by atoms with Crippen LogP contribution in [0.3, 0.4) is 0 Å². The molecule has 1 heterocycles. The van der Waals surface area contributed by atoms with Gasteiger partial charge in [0.25, 0.3) is 0 Å². The van der Waals surface area contributed by atoms with Crippen LogP contribution in [0, 0.1) is 0 Å². The molecule has 2 aromatic carbocycles. The van der Waals surface area contributed by atoms with Crippen molar-refractivity contribution in [1.29, 1.82) is 0 Å². The fourth-order valence-corrected chi connectivity index (χ4v) is 5.87. The average Bonchev–Trinajstić information content (AvgIpc) is 2.95. The van der Waals surface area contributed by atoms with E-state index in [9.17, 15) is 19.1 Å². The number of aromatic nitrogens is 1. The molecule has 0 saturated carbocycles. The van der Waals surface area contributed by atoms with E-state index in [1.54, 1.807) is 24.4 Å². The highest BCUT2D eigenvalue weighted by atomic mass is 31.2. The van der Waals surface area contributed by atoms with Gasteiger partial charge in [-0.05, 0) is 48.0 Å². The lowest BCUT2D eigenvalue weighted by atomic mass is 10.1. The molecule has 3 aromatic rings. The third kappa shape index (κ3) is 12.5. The van der Waals surface area contributed by atoms with Crippen molar-refractivity contribution in [2.24, 2.45) is 0 Å². The number of hydrogen-bond donors (Lipinski definition) is 3. The highest BCUT2D eigenvalue weighted by Gasteiger charge is 2.44. The van der Waals surface area contributed by atoms with E-state index in [2.05, 4.69) is 49.6 Å². The summed E-state index contributed by atoms with van der Waals surface area (Å²) in [5.74, 6) is -2.31. The number of anilines is 1. The molecular weight excluding hydrogens is 644 g/mol. The number of ether oxygens (including phenoxy) is 4. The van der Waals surface area contributed by atoms with Crippen molar-refractivity contribution in [3.8, 4) is 11.5 Å². The number of phosphoric ester groups is 1. The number of hydrogen-bond acceptors (Lipinski definition) is 8. The molecule has 3 rings (SSSR count). The molecule has 0 spiro atoms. The van der Waals surface area contributed by atoms with Gasteiger partial charge < -0.3 is 23.5 Å². The summed E-state index contributed by atoms with van der Waals surface area (Å²) < 4.78 is 41.1. The number of rotatable bonds is 16. The van der Waals surface area contributed by atoms with E-state index in [-0.39, 0.29) is 30.3 Å². The van der Waals surface area contributed by atoms with Gasteiger partial charge in [-0.3, -0.25) is 20.1 Å². The number of carbonyl (C=O) groups excluding carboxylic acids is 1. The van der Waals surface area contributed by atoms with E-state index >= 15 is 0 Å². The number of pyridine rings is 1. The Balaban J connectivity index is 2.07. The number of phosphoric acid groups is 1. The van der Waals surface area contributed by atoms with Crippen molar-refractivity contribution >= 4 is 47.9 Å². The first-order chi connectivity index (χ1) is 21.5. The minimum atomic E-state index is -5.07. The summed E-state index contributed by atoms with van der Waals surface area (Å²) in [5.41, 5.74) is 1.74. The zero-order valence-corrected chi connectivity index (χ0v) is 30.4. The molecule has 11 nitrogen and oxygen atoms in total. The summed E-state index contributed by atoms with van der Waals surface area (Å²) in [6.45, 7) is 13.3. The second-order valence-corrected chi connectivity index (χ2v) is 25.4. The topological polar surface area (TPSA) is 146 Å². The highest BCUT2D eigenvalue weighted by molar-refractivity contribution is 7.46. The molecule has 14 heteroatoms. The number of nitrogens with zero attached hydrogens (tertiary/aromatic N) is 1. The molecule has 0 aliphatic heterocycles. The van der Waals surface area contributed by atoms with E-state index < -0.39 is 36.0 Å². The Morgan fingerprint density at radius 1 is 0.913 bits per heavy atom. The fraction of sp³-hybridized carbons (Fsp3) is 0.375. The van der Waals surface area contributed by atoms with Gasteiger partial charge in [0.1, 0.15) is 11.5 Å². The Morgan fingerprint density at radius 2 is 1.54 bits per heavy atom. The summed E-state index contributed by atoms with van der Waals surface area (Å²) in [6, 6.07) is 18.6. The summed E-state index contributed by atoms with van der Waals surface area (Å²) >= 11 is 0. The van der Waals surface area contributed by atoms with Crippen LogP contribution in [-0.4, -0.2) is 57.3 Å². The Labute approximate surface area is 273 Å². The minimum Gasteiger partial charge on any atom is -0.497 e. The first-order valence-corrected chi connectivity index (χ1v) is 23.8. The van der Waals surface area contributed by atoms with Crippen molar-refractivity contribution in [2.75, 3.05) is 25.6 Å². The summed E-state index contributed by atoms with van der Waals surface area (Å²) in [7, 11) is -6.98. The number of benzene rings is 2. The van der Waals surface area contributed by atoms with Crippen LogP contribution in [0.5, 0.6) is 11.5 Å². The minimum absolute atomic E-state index is 0.0479. The van der Waals surface area contributed by atoms with Gasteiger partial charge in [0.15, 0.2) is 0 Å². The fourth-order valence-electron chi connectivity index (χ4n) is 4.03. The summed E-state index contributed by atoms with van der Waals surface area (Å²) in [4.78, 5) is 37.7. The lowest BCUT2D eigenvalue weighted by Gasteiger charge is -2.35. The molecule has 0 aliphatic rings. The van der Waals surface area contributed by atoms with Crippen LogP contribution < -0.4 is 14.6 Å². The van der Waals surface area contributed by atoms with Gasteiger partial charge in [-0.25, -0.2) is 9.36 Å². The van der Waals surface area contributed by atoms with Crippen molar-refractivity contribution in [3.63, 3.8) is 0 Å². The zero-order valence-electron chi connectivity index (χ0n) is 27.5. The van der Waals surface area contributed by atoms with Gasteiger partial charge >= 0.3 is 19.9 Å². The molecule has 3 N–H and O–H groups in total. The van der Waals surface area contributed by atoms with Crippen molar-refractivity contribution in [2.45, 2.75) is 57.3 Å². The van der Waals surface area contributed by atoms with Gasteiger partial charge in [0, 0.05) is 28.4 Å². The predicted octanol–water partition coefficient (Wildman–Crippen LogP) is 7.80. The van der Waals surface area contributed by atoms with Gasteiger partial charge in [-0.2, -0.15) is 0 Å². The number of methoxy groups -OCH3 is 1. The smallest absolute Gasteiger partial charge is 0.497 e. The second-order valence-electron chi connectivity index (χ2n) is 13.0. The first kappa shape index (κ1) is 37.2. The van der Waals surface area contributed by atoms with Crippen molar-refractivity contribution < 1.29 is 42.6 Å². The lowest BCUT2D eigenvalue weighted by molar-refractivity contribution is -0.364. The predicted molar refractivity (Wildman–Crippen MR) is 185 cm³/mol. The standard InChI is InChI=1S/C32H45N2O9PSi2/c1-39-26-16-17-27(30(24-26)43-44(36,37)38)32(40-20-22-45(2,3)4,41-21-23-46(5,6)7)42-31(35)34-29-14-11-19-33-28(29)18-15-25-12-9-8-10-13-25/h8-19,24H,20-23H2,1-7H3,(H,34,35)(H2,36,37,38). The number of amides is 1. The van der Waals surface area contributed by atoms with Crippen LogP contribution in [0.25, 0.3) is 12.2 Å². The largest absolute Gasteiger partial charge is 0.524 e. The molecule has 0 aliphatic carbocycles. The Hall–Kier alpha value is -3.30. The molecular formula is C32H45N2O9PSi2. The normalized spacial score (nSPS) is 12.6. The molecule has 0 saturated heterocycles. The molecule has 46 heavy (non-hydrogen) atoms. The van der Waals surface area contributed by atoms with Crippen LogP contribution in [0.15, 0.2) is 66.9 Å². The molecule has 0 atom stereocenters. The van der Waals surface area contributed by atoms with E-state index in [1.807, 2.05) is 36.4 Å². The Morgan fingerprint density at radius 3 is 2.11 bits per heavy atom. The average molecular weight is 689 g/mol. The van der Waals surface area contributed by atoms with Crippen LogP contribution >= 0.6 is 7.82 Å². The molecule has 1 aromatic heterocycles. The first-order valence-electron chi connectivity index (χ1n) is 14.9. The third-order valence-corrected chi connectivity index (χ3v) is 10.4. The van der Waals surface area contributed by atoms with Crippen LogP contribution in [-0.2, 0) is 24.7 Å². The molecule has 1 amide bonds. The third-order valence-electron chi connectivity index (χ3n) is 6.56. The second kappa shape index (κ2) is 16.0. The van der Waals surface area contributed by atoms with Crippen LogP contribution in [0.2, 0.25) is 51.4 Å². The monoisotopic (exact) mass is 688 g/mol. The van der Waals surface area contributed by atoms with Crippen LogP contribution in [0.1, 0.15) is 16.8 Å². The van der Waals surface area contributed by atoms with E-state index in [0.29, 0.717) is 23.5 Å². The Kier molecular flexibility index (Phi) is 12.9. The maximum atomic E-state index is 13.7. The Bertz CT molecular complexity index is 1500. The van der Waals surface area contributed by atoms with E-state index in [4.69, 9.17) is 23.5 Å². The quantitative estimate of drug-likeness (QED) is 0.0774. The van der Waals surface area contributed by atoms with Gasteiger partial charge in [-0.1, -0.05) is 75.7 Å². The van der Waals surface area contributed by atoms with Gasteiger partial charge in [0.05, 0.1) is 37.3 Å². The van der Waals surface area contributed by atoms with E-state index in [0.717, 1.165) is 5.56 Å². The number of carbonyl (C=O) groups is 1. The van der Waals surface area contributed by atoms with Crippen molar-refractivity contribution in [3.05, 3.63) is 83.7 Å². The van der Waals surface area contributed by atoms with Gasteiger partial charge in [-0.15, -0.1) is 0 Å². The maximum absolute atomic E-state index is 13.7.